The predicted molar refractivity (Wildman–Crippen MR) is 119 cm³/mol. The maximum atomic E-state index is 12.8. The molecule has 2 fully saturated rings. The van der Waals surface area contributed by atoms with Gasteiger partial charge in [-0.15, -0.1) is 0 Å². The van der Waals surface area contributed by atoms with Crippen molar-refractivity contribution in [2.24, 2.45) is 0 Å². The summed E-state index contributed by atoms with van der Waals surface area (Å²) in [7, 11) is 0. The molecule has 0 bridgehead atoms. The lowest BCUT2D eigenvalue weighted by Crippen LogP contribution is -2.47. The van der Waals surface area contributed by atoms with Gasteiger partial charge in [0.05, 0.1) is 0 Å². The van der Waals surface area contributed by atoms with E-state index in [4.69, 9.17) is 9.72 Å². The zero-order chi connectivity index (χ0) is 21.1. The lowest BCUT2D eigenvalue weighted by molar-refractivity contribution is 0.0548. The molecule has 5 heteroatoms. The Bertz CT molecular complexity index is 841. The number of amides is 1. The molecule has 0 unspecified atom stereocenters. The van der Waals surface area contributed by atoms with Crippen molar-refractivity contribution < 1.29 is 9.53 Å². The van der Waals surface area contributed by atoms with Crippen molar-refractivity contribution in [3.05, 3.63) is 59.8 Å². The molecule has 1 aromatic heterocycles. The molecule has 1 aliphatic carbocycles. The minimum atomic E-state index is -0.513. The van der Waals surface area contributed by atoms with E-state index >= 15 is 0 Å². The largest absolute Gasteiger partial charge is 0.443 e. The van der Waals surface area contributed by atoms with E-state index in [2.05, 4.69) is 41.3 Å². The number of hydrogen-bond acceptors (Lipinski definition) is 4. The lowest BCUT2D eigenvalue weighted by Gasteiger charge is -2.37. The Morgan fingerprint density at radius 2 is 1.87 bits per heavy atom. The van der Waals surface area contributed by atoms with Crippen LogP contribution in [-0.4, -0.2) is 34.2 Å². The first-order chi connectivity index (χ1) is 14.4. The molecule has 160 valence electrons. The lowest BCUT2D eigenvalue weighted by atomic mass is 9.91. The highest BCUT2D eigenvalue weighted by Gasteiger charge is 2.34. The summed E-state index contributed by atoms with van der Waals surface area (Å²) < 4.78 is 5.66. The SMILES string of the molecule is CC(C)(C)OC(=O)N(c1ccc([C@@H]2CCCN2Cc2ccccc2)cn1)C1CCC1. The summed E-state index contributed by atoms with van der Waals surface area (Å²) in [5, 5.41) is 0. The second-order valence-electron chi connectivity index (χ2n) is 9.50. The van der Waals surface area contributed by atoms with Crippen molar-refractivity contribution in [3.8, 4) is 0 Å². The van der Waals surface area contributed by atoms with Gasteiger partial charge in [0, 0.05) is 24.8 Å². The van der Waals surface area contributed by atoms with Gasteiger partial charge in [-0.2, -0.15) is 0 Å². The first-order valence-corrected chi connectivity index (χ1v) is 11.2. The minimum absolute atomic E-state index is 0.194. The highest BCUT2D eigenvalue weighted by molar-refractivity contribution is 5.87. The number of rotatable bonds is 5. The van der Waals surface area contributed by atoms with Gasteiger partial charge in [-0.3, -0.25) is 9.80 Å². The maximum Gasteiger partial charge on any atom is 0.416 e. The van der Waals surface area contributed by atoms with Crippen LogP contribution in [0.5, 0.6) is 0 Å². The average molecular weight is 408 g/mol. The predicted octanol–water partition coefficient (Wildman–Crippen LogP) is 5.71. The third-order valence-corrected chi connectivity index (χ3v) is 6.02. The van der Waals surface area contributed by atoms with Crippen LogP contribution in [0.1, 0.15) is 70.0 Å². The molecule has 2 aliphatic rings. The summed E-state index contributed by atoms with van der Waals surface area (Å²) in [4.78, 5) is 21.9. The standard InChI is InChI=1S/C25H33N3O2/c1-25(2,3)30-24(29)28(21-11-7-12-21)23-15-14-20(17-26-23)22-13-8-16-27(22)18-19-9-5-4-6-10-19/h4-6,9-10,14-15,17,21-22H,7-8,11-13,16,18H2,1-3H3/t22-/m0/s1. The molecule has 1 atom stereocenters. The van der Waals surface area contributed by atoms with Crippen LogP contribution >= 0.6 is 0 Å². The highest BCUT2D eigenvalue weighted by atomic mass is 16.6. The molecule has 4 rings (SSSR count). The average Bonchev–Trinajstić information content (AvgIpc) is 3.12. The van der Waals surface area contributed by atoms with Crippen molar-refractivity contribution in [3.63, 3.8) is 0 Å². The molecule has 1 aliphatic heterocycles. The van der Waals surface area contributed by atoms with Gasteiger partial charge >= 0.3 is 6.09 Å². The van der Waals surface area contributed by atoms with E-state index in [0.29, 0.717) is 11.9 Å². The zero-order valence-corrected chi connectivity index (χ0v) is 18.4. The van der Waals surface area contributed by atoms with Crippen LogP contribution in [0.25, 0.3) is 0 Å². The molecule has 0 radical (unpaired) electrons. The fourth-order valence-electron chi connectivity index (χ4n) is 4.33. The number of aromatic nitrogens is 1. The number of carbonyl (C=O) groups excluding carboxylic acids is 1. The van der Waals surface area contributed by atoms with Crippen LogP contribution in [0.2, 0.25) is 0 Å². The van der Waals surface area contributed by atoms with Gasteiger partial charge in [0.15, 0.2) is 0 Å². The fraction of sp³-hybridized carbons (Fsp3) is 0.520. The quantitative estimate of drug-likeness (QED) is 0.637. The van der Waals surface area contributed by atoms with E-state index in [1.54, 1.807) is 4.90 Å². The Morgan fingerprint density at radius 3 is 2.47 bits per heavy atom. The van der Waals surface area contributed by atoms with E-state index in [1.165, 1.54) is 17.5 Å². The van der Waals surface area contributed by atoms with E-state index in [1.807, 2.05) is 33.0 Å². The van der Waals surface area contributed by atoms with Gasteiger partial charge in [-0.25, -0.2) is 9.78 Å². The number of anilines is 1. The van der Waals surface area contributed by atoms with Crippen LogP contribution in [0, 0.1) is 0 Å². The molecule has 2 heterocycles. The molecule has 5 nitrogen and oxygen atoms in total. The van der Waals surface area contributed by atoms with E-state index in [0.717, 1.165) is 38.8 Å². The molecule has 1 saturated carbocycles. The molecule has 30 heavy (non-hydrogen) atoms. The summed E-state index contributed by atoms with van der Waals surface area (Å²) in [6.45, 7) is 7.78. The Labute approximate surface area is 180 Å². The molecule has 0 N–H and O–H groups in total. The van der Waals surface area contributed by atoms with Crippen LogP contribution in [0.4, 0.5) is 10.6 Å². The van der Waals surface area contributed by atoms with Gasteiger partial charge in [-0.1, -0.05) is 36.4 Å². The Balaban J connectivity index is 1.49. The number of carbonyl (C=O) groups is 1. The van der Waals surface area contributed by atoms with Gasteiger partial charge in [0.25, 0.3) is 0 Å². The van der Waals surface area contributed by atoms with Gasteiger partial charge in [0.2, 0.25) is 0 Å². The third kappa shape index (κ3) is 4.84. The summed E-state index contributed by atoms with van der Waals surface area (Å²) in [6.07, 6.45) is 7.18. The first-order valence-electron chi connectivity index (χ1n) is 11.2. The molecule has 0 spiro atoms. The first kappa shape index (κ1) is 20.9. The third-order valence-electron chi connectivity index (χ3n) is 6.02. The van der Waals surface area contributed by atoms with Crippen LogP contribution < -0.4 is 4.90 Å². The molecular weight excluding hydrogens is 374 g/mol. The monoisotopic (exact) mass is 407 g/mol. The van der Waals surface area contributed by atoms with Crippen molar-refractivity contribution >= 4 is 11.9 Å². The smallest absolute Gasteiger partial charge is 0.416 e. The van der Waals surface area contributed by atoms with Crippen LogP contribution in [0.15, 0.2) is 48.7 Å². The summed E-state index contributed by atoms with van der Waals surface area (Å²) >= 11 is 0. The minimum Gasteiger partial charge on any atom is -0.443 e. The van der Waals surface area contributed by atoms with Crippen molar-refractivity contribution in [2.45, 2.75) is 77.1 Å². The van der Waals surface area contributed by atoms with Crippen molar-refractivity contribution in [1.29, 1.82) is 0 Å². The second kappa shape index (κ2) is 8.76. The summed E-state index contributed by atoms with van der Waals surface area (Å²) in [6, 6.07) is 15.4. The number of ether oxygens (including phenoxy) is 1. The van der Waals surface area contributed by atoms with E-state index < -0.39 is 5.60 Å². The molecule has 2 aromatic rings. The topological polar surface area (TPSA) is 45.7 Å². The van der Waals surface area contributed by atoms with Gasteiger partial charge in [0.1, 0.15) is 11.4 Å². The van der Waals surface area contributed by atoms with Crippen LogP contribution in [0.3, 0.4) is 0 Å². The number of likely N-dealkylation sites (tertiary alicyclic amines) is 1. The number of pyridine rings is 1. The van der Waals surface area contributed by atoms with Crippen LogP contribution in [-0.2, 0) is 11.3 Å². The van der Waals surface area contributed by atoms with E-state index in [-0.39, 0.29) is 12.1 Å². The van der Waals surface area contributed by atoms with Crippen molar-refractivity contribution in [2.75, 3.05) is 11.4 Å². The Hall–Kier alpha value is -2.40. The fourth-order valence-corrected chi connectivity index (χ4v) is 4.33. The van der Waals surface area contributed by atoms with Gasteiger partial charge in [-0.05, 0) is 76.6 Å². The van der Waals surface area contributed by atoms with Gasteiger partial charge < -0.3 is 4.74 Å². The number of nitrogens with zero attached hydrogens (tertiary/aromatic N) is 3. The Kier molecular flexibility index (Phi) is 6.09. The summed E-state index contributed by atoms with van der Waals surface area (Å²) in [5.74, 6) is 0.699. The normalized spacial score (nSPS) is 20.0. The molecule has 1 aromatic carbocycles. The Morgan fingerprint density at radius 1 is 1.10 bits per heavy atom. The zero-order valence-electron chi connectivity index (χ0n) is 18.4. The van der Waals surface area contributed by atoms with E-state index in [9.17, 15) is 4.79 Å². The molecule has 1 amide bonds. The highest BCUT2D eigenvalue weighted by Crippen LogP contribution is 2.35. The van der Waals surface area contributed by atoms with Crippen molar-refractivity contribution in [1.82, 2.24) is 9.88 Å². The maximum absolute atomic E-state index is 12.8. The summed E-state index contributed by atoms with van der Waals surface area (Å²) in [5.41, 5.74) is 2.06. The second-order valence-corrected chi connectivity index (χ2v) is 9.50. The number of benzene rings is 1. The number of hydrogen-bond donors (Lipinski definition) is 0. The molecule has 1 saturated heterocycles. The molecular formula is C25H33N3O2.